The van der Waals surface area contributed by atoms with Crippen molar-refractivity contribution in [3.8, 4) is 0 Å². The van der Waals surface area contributed by atoms with Gasteiger partial charge in [-0.2, -0.15) is 5.10 Å². The number of ether oxygens (including phenoxy) is 1. The predicted molar refractivity (Wildman–Crippen MR) is 78.4 cm³/mol. The highest BCUT2D eigenvalue weighted by Crippen LogP contribution is 2.20. The average molecular weight is 299 g/mol. The number of aliphatic hydroxyl groups excluding tert-OH is 1. The van der Waals surface area contributed by atoms with Gasteiger partial charge in [-0.25, -0.2) is 4.90 Å². The molecular weight excluding hydrogens is 274 g/mol. The molecule has 8 heteroatoms. The summed E-state index contributed by atoms with van der Waals surface area (Å²) < 4.78 is 5.49. The van der Waals surface area contributed by atoms with Crippen LogP contribution in [0.5, 0.6) is 0 Å². The van der Waals surface area contributed by atoms with Crippen molar-refractivity contribution < 1.29 is 14.6 Å². The summed E-state index contributed by atoms with van der Waals surface area (Å²) in [5.74, 6) is -0.0926. The number of nitrogens with one attached hydrogen (secondary N) is 2. The molecule has 0 aromatic heterocycles. The van der Waals surface area contributed by atoms with Gasteiger partial charge in [-0.05, 0) is 13.8 Å². The lowest BCUT2D eigenvalue weighted by Crippen LogP contribution is -2.52. The third kappa shape index (κ3) is 4.05. The fraction of sp³-hybridized carbons (Fsp3) is 0.846. The Morgan fingerprint density at radius 3 is 2.95 bits per heavy atom. The van der Waals surface area contributed by atoms with E-state index >= 15 is 0 Å². The molecule has 2 rings (SSSR count). The normalized spacial score (nSPS) is 29.0. The summed E-state index contributed by atoms with van der Waals surface area (Å²) >= 11 is 0. The van der Waals surface area contributed by atoms with E-state index in [2.05, 4.69) is 34.6 Å². The predicted octanol–water partition coefficient (Wildman–Crippen LogP) is -1.28. The van der Waals surface area contributed by atoms with Gasteiger partial charge in [-0.1, -0.05) is 0 Å². The van der Waals surface area contributed by atoms with Crippen LogP contribution in [0.3, 0.4) is 0 Å². The van der Waals surface area contributed by atoms with Crippen molar-refractivity contribution in [2.45, 2.75) is 45.4 Å². The van der Waals surface area contributed by atoms with Crippen molar-refractivity contribution in [1.82, 2.24) is 20.5 Å². The van der Waals surface area contributed by atoms with Gasteiger partial charge in [0.25, 0.3) is 0 Å². The van der Waals surface area contributed by atoms with Crippen LogP contribution in [-0.4, -0.2) is 77.9 Å². The molecule has 2 aliphatic heterocycles. The van der Waals surface area contributed by atoms with Crippen LogP contribution in [-0.2, 0) is 9.53 Å². The first-order chi connectivity index (χ1) is 9.99. The largest absolute Gasteiger partial charge is 0.356 e. The zero-order valence-corrected chi connectivity index (χ0v) is 12.8. The number of carbonyl (C=O) groups is 1. The zero-order valence-electron chi connectivity index (χ0n) is 12.8. The molecule has 1 fully saturated rings. The molecule has 0 aromatic rings. The molecule has 4 atom stereocenters. The molecule has 3 unspecified atom stereocenters. The van der Waals surface area contributed by atoms with Crippen LogP contribution in [0.2, 0.25) is 0 Å². The van der Waals surface area contributed by atoms with Crippen molar-refractivity contribution in [2.75, 3.05) is 26.2 Å². The third-order valence-electron chi connectivity index (χ3n) is 4.11. The Bertz CT molecular complexity index is 392. The molecule has 0 bridgehead atoms. The third-order valence-corrected chi connectivity index (χ3v) is 4.11. The van der Waals surface area contributed by atoms with E-state index in [1.54, 1.807) is 6.34 Å². The molecule has 2 aliphatic rings. The lowest BCUT2D eigenvalue weighted by molar-refractivity contribution is -0.161. The molecule has 3 N–H and O–H groups in total. The second-order valence-electron chi connectivity index (χ2n) is 5.59. The van der Waals surface area contributed by atoms with E-state index < -0.39 is 6.41 Å². The molecule has 0 saturated carbocycles. The Balaban J connectivity index is 1.89. The fourth-order valence-corrected chi connectivity index (χ4v) is 2.64. The van der Waals surface area contributed by atoms with E-state index in [1.165, 1.54) is 6.92 Å². The van der Waals surface area contributed by atoms with Gasteiger partial charge in [-0.15, -0.1) is 0 Å². The number of hydrazone groups is 1. The van der Waals surface area contributed by atoms with Gasteiger partial charge in [0, 0.05) is 38.6 Å². The molecule has 0 radical (unpaired) electrons. The van der Waals surface area contributed by atoms with E-state index in [0.717, 1.165) is 13.1 Å². The van der Waals surface area contributed by atoms with Crippen molar-refractivity contribution >= 4 is 12.2 Å². The number of rotatable bonds is 5. The first-order valence-corrected chi connectivity index (χ1v) is 7.34. The molecule has 0 spiro atoms. The molecule has 8 nitrogen and oxygen atoms in total. The number of hydrogen-bond acceptors (Lipinski definition) is 7. The number of amides is 1. The highest BCUT2D eigenvalue weighted by Gasteiger charge is 2.37. The Hall–Kier alpha value is -1.38. The Morgan fingerprint density at radius 1 is 1.57 bits per heavy atom. The van der Waals surface area contributed by atoms with Crippen molar-refractivity contribution in [3.63, 3.8) is 0 Å². The van der Waals surface area contributed by atoms with Gasteiger partial charge < -0.3 is 25.5 Å². The first kappa shape index (κ1) is 16.0. The van der Waals surface area contributed by atoms with Crippen molar-refractivity contribution in [2.24, 2.45) is 5.10 Å². The molecular formula is C13H25N5O3. The van der Waals surface area contributed by atoms with Crippen molar-refractivity contribution in [1.29, 1.82) is 0 Å². The maximum absolute atomic E-state index is 10.9. The van der Waals surface area contributed by atoms with E-state index in [4.69, 9.17) is 4.74 Å². The summed E-state index contributed by atoms with van der Waals surface area (Å²) in [6.45, 7) is 8.35. The summed E-state index contributed by atoms with van der Waals surface area (Å²) in [4.78, 5) is 15.0. The molecule has 2 heterocycles. The van der Waals surface area contributed by atoms with E-state index in [-0.39, 0.29) is 24.1 Å². The van der Waals surface area contributed by atoms with Gasteiger partial charge in [-0.3, -0.25) is 4.79 Å². The molecule has 21 heavy (non-hydrogen) atoms. The van der Waals surface area contributed by atoms with Crippen LogP contribution in [0.1, 0.15) is 20.8 Å². The minimum Gasteiger partial charge on any atom is -0.356 e. The standard InChI is InChI=1S/C13H25N5O3/c1-9(17-5-4-15-16-8-17)10(2)18-7-12(21-13(18)20)6-14-11(3)19/h8-10,12-13,15,20H,4-7H2,1-3H3,(H,14,19)/t9?,10-,12?,13?/m0/s1. The zero-order chi connectivity index (χ0) is 15.4. The van der Waals surface area contributed by atoms with Crippen LogP contribution in [0.15, 0.2) is 5.10 Å². The molecule has 120 valence electrons. The lowest BCUT2D eigenvalue weighted by Gasteiger charge is -2.37. The maximum Gasteiger partial charge on any atom is 0.216 e. The lowest BCUT2D eigenvalue weighted by atomic mass is 10.1. The van der Waals surface area contributed by atoms with Gasteiger partial charge in [0.15, 0.2) is 0 Å². The maximum atomic E-state index is 10.9. The molecule has 1 saturated heterocycles. The topological polar surface area (TPSA) is 89.4 Å². The Kier molecular flexibility index (Phi) is 5.38. The van der Waals surface area contributed by atoms with Gasteiger partial charge >= 0.3 is 0 Å². The summed E-state index contributed by atoms with van der Waals surface area (Å²) in [7, 11) is 0. The Morgan fingerprint density at radius 2 is 2.33 bits per heavy atom. The monoisotopic (exact) mass is 299 g/mol. The SMILES string of the molecule is CC(=O)NCC1CN([C@@H](C)C(C)N2C=NNCC2)C(O)O1. The van der Waals surface area contributed by atoms with Crippen LogP contribution < -0.4 is 10.7 Å². The summed E-state index contributed by atoms with van der Waals surface area (Å²) in [6, 6.07) is 0.306. The van der Waals surface area contributed by atoms with E-state index in [9.17, 15) is 9.90 Å². The quantitative estimate of drug-likeness (QED) is 0.586. The minimum absolute atomic E-state index is 0.0926. The van der Waals surface area contributed by atoms with Crippen LogP contribution in [0, 0.1) is 0 Å². The summed E-state index contributed by atoms with van der Waals surface area (Å²) in [5.41, 5.74) is 2.92. The second-order valence-corrected chi connectivity index (χ2v) is 5.59. The van der Waals surface area contributed by atoms with Gasteiger partial charge in [0.2, 0.25) is 12.3 Å². The number of aliphatic hydroxyl groups is 1. The van der Waals surface area contributed by atoms with Gasteiger partial charge in [0.05, 0.1) is 12.6 Å². The van der Waals surface area contributed by atoms with E-state index in [0.29, 0.717) is 13.1 Å². The van der Waals surface area contributed by atoms with Crippen molar-refractivity contribution in [3.05, 3.63) is 0 Å². The molecule has 1 amide bonds. The van der Waals surface area contributed by atoms with E-state index in [1.807, 2.05) is 4.90 Å². The number of hydrogen-bond donors (Lipinski definition) is 3. The van der Waals surface area contributed by atoms with Crippen LogP contribution in [0.25, 0.3) is 0 Å². The minimum atomic E-state index is -0.930. The number of nitrogens with zero attached hydrogens (tertiary/aromatic N) is 3. The van der Waals surface area contributed by atoms with Gasteiger partial charge in [0.1, 0.15) is 6.34 Å². The van der Waals surface area contributed by atoms with Crippen LogP contribution >= 0.6 is 0 Å². The highest BCUT2D eigenvalue weighted by atomic mass is 16.6. The summed E-state index contributed by atoms with van der Waals surface area (Å²) in [5, 5.41) is 16.8. The molecule has 0 aliphatic carbocycles. The van der Waals surface area contributed by atoms with Crippen LogP contribution in [0.4, 0.5) is 0 Å². The smallest absolute Gasteiger partial charge is 0.216 e. The number of carbonyl (C=O) groups excluding carboxylic acids is 1. The second kappa shape index (κ2) is 7.06. The Labute approximate surface area is 125 Å². The highest BCUT2D eigenvalue weighted by molar-refractivity contribution is 5.72. The summed E-state index contributed by atoms with van der Waals surface area (Å²) in [6.07, 6.45) is 0.680. The average Bonchev–Trinajstić information content (AvgIpc) is 2.85. The first-order valence-electron chi connectivity index (χ1n) is 7.34. The molecule has 0 aromatic carbocycles. The fourth-order valence-electron chi connectivity index (χ4n) is 2.64.